The molecule has 4 heterocycles. The first-order valence-electron chi connectivity index (χ1n) is 11.3. The highest BCUT2D eigenvalue weighted by molar-refractivity contribution is 5.70. The molecule has 2 fully saturated rings. The average molecular weight is 418 g/mol. The molecule has 0 aliphatic heterocycles. The van der Waals surface area contributed by atoms with Crippen molar-refractivity contribution in [2.24, 2.45) is 5.92 Å². The smallest absolute Gasteiger partial charge is 0.248 e. The van der Waals surface area contributed by atoms with Crippen LogP contribution in [0, 0.1) is 5.92 Å². The van der Waals surface area contributed by atoms with E-state index in [4.69, 9.17) is 4.98 Å². The van der Waals surface area contributed by atoms with E-state index in [-0.39, 0.29) is 0 Å². The first-order valence-corrected chi connectivity index (χ1v) is 11.3. The molecule has 4 aromatic rings. The molecule has 4 N–H and O–H groups in total. The normalized spacial score (nSPS) is 17.3. The van der Waals surface area contributed by atoms with Crippen molar-refractivity contribution in [1.29, 1.82) is 0 Å². The second-order valence-electron chi connectivity index (χ2n) is 8.78. The second-order valence-corrected chi connectivity index (χ2v) is 8.78. The Morgan fingerprint density at radius 3 is 2.81 bits per heavy atom. The van der Waals surface area contributed by atoms with Gasteiger partial charge >= 0.3 is 0 Å². The molecule has 4 aromatic heterocycles. The Morgan fingerprint density at radius 1 is 1.03 bits per heavy atom. The number of hydrogen-bond acceptors (Lipinski definition) is 6. The van der Waals surface area contributed by atoms with Crippen molar-refractivity contribution < 1.29 is 0 Å². The van der Waals surface area contributed by atoms with Crippen LogP contribution >= 0.6 is 0 Å². The van der Waals surface area contributed by atoms with Crippen LogP contribution in [0.4, 0.5) is 17.6 Å². The zero-order valence-corrected chi connectivity index (χ0v) is 17.4. The lowest BCUT2D eigenvalue weighted by Gasteiger charge is -2.22. The van der Waals surface area contributed by atoms with Crippen LogP contribution in [0.15, 0.2) is 30.5 Å². The molecule has 0 aromatic carbocycles. The van der Waals surface area contributed by atoms with E-state index < -0.39 is 0 Å². The summed E-state index contributed by atoms with van der Waals surface area (Å²) in [4.78, 5) is 4.74. The van der Waals surface area contributed by atoms with E-state index in [1.165, 1.54) is 50.6 Å². The van der Waals surface area contributed by atoms with Crippen molar-refractivity contribution in [3.8, 4) is 11.4 Å². The Labute approximate surface area is 180 Å². The van der Waals surface area contributed by atoms with Crippen LogP contribution < -0.4 is 10.6 Å². The molecular formula is C22H27N9. The minimum Gasteiger partial charge on any atom is -0.368 e. The minimum atomic E-state index is 0.508. The summed E-state index contributed by atoms with van der Waals surface area (Å²) in [5.74, 6) is 3.39. The molecule has 0 saturated heterocycles. The quantitative estimate of drug-likeness (QED) is 0.353. The molecule has 160 valence electrons. The standard InChI is InChI=1S/C22H27N9/c1-2-5-14(6-3-1)13-23-21-19-7-4-10-31(19)30-22(25-21)24-20-12-18(28-29-20)17-11-16(26-27-17)15-8-9-15/h4,7,10-12,14-15H,1-3,5-6,8-9,13H2,(H,26,27)(H3,23,24,25,28,29,30). The van der Waals surface area contributed by atoms with Crippen molar-refractivity contribution in [2.45, 2.75) is 50.9 Å². The molecule has 0 spiro atoms. The fourth-order valence-electron chi connectivity index (χ4n) is 4.46. The van der Waals surface area contributed by atoms with Crippen LogP contribution in [0.5, 0.6) is 0 Å². The van der Waals surface area contributed by atoms with Gasteiger partial charge in [0.05, 0.1) is 5.69 Å². The largest absolute Gasteiger partial charge is 0.368 e. The third-order valence-electron chi connectivity index (χ3n) is 6.38. The van der Waals surface area contributed by atoms with Crippen LogP contribution in [0.1, 0.15) is 56.6 Å². The third-order valence-corrected chi connectivity index (χ3v) is 6.38. The fourth-order valence-corrected chi connectivity index (χ4v) is 4.46. The maximum absolute atomic E-state index is 4.74. The summed E-state index contributed by atoms with van der Waals surface area (Å²) in [6, 6.07) is 8.06. The number of rotatable bonds is 7. The van der Waals surface area contributed by atoms with Crippen LogP contribution in [0.2, 0.25) is 0 Å². The summed E-state index contributed by atoms with van der Waals surface area (Å²) in [6.45, 7) is 0.951. The number of anilines is 3. The number of nitrogens with zero attached hydrogens (tertiary/aromatic N) is 5. The van der Waals surface area contributed by atoms with E-state index >= 15 is 0 Å². The molecule has 6 rings (SSSR count). The van der Waals surface area contributed by atoms with Crippen LogP contribution in [-0.2, 0) is 0 Å². The van der Waals surface area contributed by atoms with Gasteiger partial charge in [-0.3, -0.25) is 10.2 Å². The van der Waals surface area contributed by atoms with Gasteiger partial charge in [0.1, 0.15) is 11.2 Å². The summed E-state index contributed by atoms with van der Waals surface area (Å²) < 4.78 is 1.85. The Kier molecular flexibility index (Phi) is 4.58. The van der Waals surface area contributed by atoms with E-state index in [9.17, 15) is 0 Å². The van der Waals surface area contributed by atoms with Crippen molar-refractivity contribution in [3.63, 3.8) is 0 Å². The Balaban J connectivity index is 1.20. The van der Waals surface area contributed by atoms with Crippen molar-refractivity contribution >= 4 is 23.1 Å². The molecule has 9 nitrogen and oxygen atoms in total. The maximum atomic E-state index is 4.74. The lowest BCUT2D eigenvalue weighted by molar-refractivity contribution is 0.373. The predicted octanol–water partition coefficient (Wildman–Crippen LogP) is 4.46. The van der Waals surface area contributed by atoms with Gasteiger partial charge in [-0.25, -0.2) is 4.52 Å². The first-order chi connectivity index (χ1) is 15.3. The van der Waals surface area contributed by atoms with E-state index in [2.05, 4.69) is 42.2 Å². The monoisotopic (exact) mass is 417 g/mol. The number of fused-ring (bicyclic) bond motifs is 1. The van der Waals surface area contributed by atoms with Crippen LogP contribution in [0.25, 0.3) is 16.9 Å². The lowest BCUT2D eigenvalue weighted by atomic mass is 9.89. The zero-order chi connectivity index (χ0) is 20.6. The average Bonchev–Trinajstić information content (AvgIpc) is 3.19. The van der Waals surface area contributed by atoms with E-state index in [0.29, 0.717) is 17.7 Å². The highest BCUT2D eigenvalue weighted by Crippen LogP contribution is 2.39. The SMILES string of the molecule is c1cc2c(NCC3CCCCC3)nc(Nc3cc(-c4cc(C5CC5)[nH]n4)[nH]n3)nn2c1. The van der Waals surface area contributed by atoms with Crippen molar-refractivity contribution in [3.05, 3.63) is 36.2 Å². The van der Waals surface area contributed by atoms with E-state index in [1.807, 2.05) is 28.9 Å². The summed E-state index contributed by atoms with van der Waals surface area (Å²) in [7, 11) is 0. The molecule has 31 heavy (non-hydrogen) atoms. The Morgan fingerprint density at radius 2 is 1.94 bits per heavy atom. The van der Waals surface area contributed by atoms with Gasteiger partial charge in [0.2, 0.25) is 5.95 Å². The Hall–Kier alpha value is -3.36. The zero-order valence-electron chi connectivity index (χ0n) is 17.4. The molecule has 2 saturated carbocycles. The molecule has 0 radical (unpaired) electrons. The molecule has 2 aliphatic carbocycles. The fraction of sp³-hybridized carbons (Fsp3) is 0.455. The summed E-state index contributed by atoms with van der Waals surface area (Å²) in [6.07, 6.45) is 11.1. The predicted molar refractivity (Wildman–Crippen MR) is 119 cm³/mol. The summed E-state index contributed by atoms with van der Waals surface area (Å²) >= 11 is 0. The topological polar surface area (TPSA) is 112 Å². The number of H-pyrrole nitrogens is 2. The minimum absolute atomic E-state index is 0.508. The highest BCUT2D eigenvalue weighted by atomic mass is 15.3. The van der Waals surface area contributed by atoms with E-state index in [1.54, 1.807) is 0 Å². The van der Waals surface area contributed by atoms with Gasteiger partial charge < -0.3 is 10.6 Å². The van der Waals surface area contributed by atoms with Gasteiger partial charge in [0, 0.05) is 30.4 Å². The molecule has 0 amide bonds. The first kappa shape index (κ1) is 18.4. The van der Waals surface area contributed by atoms with Crippen molar-refractivity contribution in [2.75, 3.05) is 17.2 Å². The highest BCUT2D eigenvalue weighted by Gasteiger charge is 2.26. The molecule has 9 heteroatoms. The molecule has 0 unspecified atom stereocenters. The van der Waals surface area contributed by atoms with Gasteiger partial charge in [-0.15, -0.1) is 5.10 Å². The Bertz CT molecular complexity index is 1180. The van der Waals surface area contributed by atoms with Gasteiger partial charge in [0.15, 0.2) is 11.6 Å². The van der Waals surface area contributed by atoms with Gasteiger partial charge in [0.25, 0.3) is 0 Å². The van der Waals surface area contributed by atoms with Gasteiger partial charge in [-0.1, -0.05) is 19.3 Å². The molecule has 2 aliphatic rings. The maximum Gasteiger partial charge on any atom is 0.248 e. The summed E-state index contributed by atoms with van der Waals surface area (Å²) in [5, 5.41) is 26.4. The van der Waals surface area contributed by atoms with E-state index in [0.717, 1.165) is 35.2 Å². The van der Waals surface area contributed by atoms with Gasteiger partial charge in [-0.05, 0) is 49.8 Å². The van der Waals surface area contributed by atoms with Crippen LogP contribution in [-0.4, -0.2) is 41.5 Å². The van der Waals surface area contributed by atoms with Crippen LogP contribution in [0.3, 0.4) is 0 Å². The number of nitrogens with one attached hydrogen (secondary N) is 4. The van der Waals surface area contributed by atoms with Crippen molar-refractivity contribution in [1.82, 2.24) is 35.0 Å². The molecule has 0 bridgehead atoms. The summed E-state index contributed by atoms with van der Waals surface area (Å²) in [5.41, 5.74) is 3.92. The molecule has 0 atom stereocenters. The second kappa shape index (κ2) is 7.72. The third kappa shape index (κ3) is 3.87. The number of aromatic amines is 2. The van der Waals surface area contributed by atoms with Gasteiger partial charge in [-0.2, -0.15) is 15.2 Å². The number of aromatic nitrogens is 7. The number of hydrogen-bond donors (Lipinski definition) is 4. The molecular weight excluding hydrogens is 390 g/mol. The lowest BCUT2D eigenvalue weighted by Crippen LogP contribution is -2.18.